The molecule has 1 fully saturated rings. The number of hydrogen-bond donors (Lipinski definition) is 3. The number of urea groups is 1. The number of rotatable bonds is 6. The molecule has 4 heterocycles. The Hall–Kier alpha value is -5.43. The van der Waals surface area contributed by atoms with E-state index in [-0.39, 0.29) is 11.6 Å². The van der Waals surface area contributed by atoms with Gasteiger partial charge < -0.3 is 25.6 Å². The molecule has 3 amide bonds. The molecular formula is C30H28FN9O3. The molecule has 0 unspecified atom stereocenters. The molecule has 2 aromatic carbocycles. The zero-order valence-electron chi connectivity index (χ0n) is 23.5. The molecule has 13 heteroatoms. The van der Waals surface area contributed by atoms with Gasteiger partial charge in [-0.3, -0.25) is 14.5 Å². The quantitative estimate of drug-likeness (QED) is 0.263. The highest BCUT2D eigenvalue weighted by atomic mass is 19.1. The number of aryl methyl sites for hydroxylation is 1. The SMILES string of the molecule is CC(=O)Nc1ccc(NC(=O)Nc2ccc(-c3nc(N4CCOCC4)c4ncc(-c5cnn(C)c5)cc4n3)cc2)c(F)c1. The van der Waals surface area contributed by atoms with E-state index in [4.69, 9.17) is 19.7 Å². The number of fused-ring (bicyclic) bond motifs is 1. The minimum atomic E-state index is -0.678. The molecule has 0 atom stereocenters. The van der Waals surface area contributed by atoms with Crippen LogP contribution < -0.4 is 20.9 Å². The Balaban J connectivity index is 1.24. The van der Waals surface area contributed by atoms with Crippen LogP contribution in [0, 0.1) is 5.82 Å². The molecular weight excluding hydrogens is 553 g/mol. The van der Waals surface area contributed by atoms with Crippen molar-refractivity contribution in [3.63, 3.8) is 0 Å². The van der Waals surface area contributed by atoms with Crippen LogP contribution in [0.4, 0.5) is 32.1 Å². The number of nitrogens with zero attached hydrogens (tertiary/aromatic N) is 6. The van der Waals surface area contributed by atoms with Crippen molar-refractivity contribution in [1.82, 2.24) is 24.7 Å². The van der Waals surface area contributed by atoms with Crippen LogP contribution in [0.5, 0.6) is 0 Å². The summed E-state index contributed by atoms with van der Waals surface area (Å²) < 4.78 is 21.7. The van der Waals surface area contributed by atoms with E-state index in [1.54, 1.807) is 41.3 Å². The number of carbonyl (C=O) groups is 2. The Morgan fingerprint density at radius 2 is 1.65 bits per heavy atom. The third-order valence-electron chi connectivity index (χ3n) is 6.80. The Kier molecular flexibility index (Phi) is 7.62. The number of morpholine rings is 1. The molecule has 1 aliphatic heterocycles. The number of ether oxygens (including phenoxy) is 1. The van der Waals surface area contributed by atoms with Crippen LogP contribution in [0.1, 0.15) is 6.92 Å². The van der Waals surface area contributed by atoms with Gasteiger partial charge in [-0.25, -0.2) is 19.2 Å². The minimum absolute atomic E-state index is 0.0253. The summed E-state index contributed by atoms with van der Waals surface area (Å²) in [5, 5.41) is 11.9. The van der Waals surface area contributed by atoms with Crippen molar-refractivity contribution < 1.29 is 18.7 Å². The van der Waals surface area contributed by atoms with Crippen molar-refractivity contribution in [3.8, 4) is 22.5 Å². The third-order valence-corrected chi connectivity index (χ3v) is 6.80. The number of benzene rings is 2. The maximum Gasteiger partial charge on any atom is 0.323 e. The van der Waals surface area contributed by atoms with Crippen molar-refractivity contribution in [2.45, 2.75) is 6.92 Å². The van der Waals surface area contributed by atoms with Gasteiger partial charge in [-0.1, -0.05) is 0 Å². The average molecular weight is 582 g/mol. The smallest absolute Gasteiger partial charge is 0.323 e. The molecule has 3 N–H and O–H groups in total. The first-order valence-electron chi connectivity index (χ1n) is 13.6. The number of hydrogen-bond acceptors (Lipinski definition) is 8. The van der Waals surface area contributed by atoms with Gasteiger partial charge in [0, 0.05) is 67.5 Å². The van der Waals surface area contributed by atoms with Gasteiger partial charge in [-0.05, 0) is 48.5 Å². The van der Waals surface area contributed by atoms with Crippen molar-refractivity contribution in [2.24, 2.45) is 7.05 Å². The molecule has 43 heavy (non-hydrogen) atoms. The molecule has 1 aliphatic rings. The molecule has 0 aliphatic carbocycles. The average Bonchev–Trinajstić information content (AvgIpc) is 3.44. The number of nitrogens with one attached hydrogen (secondary N) is 3. The summed E-state index contributed by atoms with van der Waals surface area (Å²) >= 11 is 0. The van der Waals surface area contributed by atoms with Gasteiger partial charge in [-0.15, -0.1) is 0 Å². The van der Waals surface area contributed by atoms with Crippen LogP contribution in [0.15, 0.2) is 67.1 Å². The van der Waals surface area contributed by atoms with Gasteiger partial charge in [0.05, 0.1) is 30.6 Å². The molecule has 5 aromatic rings. The van der Waals surface area contributed by atoms with Crippen molar-refractivity contribution in [1.29, 1.82) is 0 Å². The predicted octanol–water partition coefficient (Wildman–Crippen LogP) is 4.67. The summed E-state index contributed by atoms with van der Waals surface area (Å²) in [5.74, 6) is 0.243. The maximum atomic E-state index is 14.4. The van der Waals surface area contributed by atoms with Crippen LogP contribution in [0.2, 0.25) is 0 Å². The third kappa shape index (κ3) is 6.26. The first-order valence-corrected chi connectivity index (χ1v) is 13.6. The lowest BCUT2D eigenvalue weighted by atomic mass is 10.1. The standard InChI is InChI=1S/C30H28FN9O3/c1-18(41)34-23-7-8-25(24(31)14-23)37-30(42)35-22-5-3-19(4-6-22)28-36-26-13-20(21-16-33-39(2)17-21)15-32-27(26)29(38-28)40-9-11-43-12-10-40/h3-8,13-17H,9-12H2,1-2H3,(H,34,41)(H2,35,37,42). The fraction of sp³-hybridized carbons (Fsp3) is 0.200. The Morgan fingerprint density at radius 3 is 2.35 bits per heavy atom. The molecule has 6 rings (SSSR count). The summed E-state index contributed by atoms with van der Waals surface area (Å²) in [4.78, 5) is 40.4. The molecule has 0 bridgehead atoms. The van der Waals surface area contributed by atoms with Crippen LogP contribution in [-0.2, 0) is 16.6 Å². The van der Waals surface area contributed by atoms with E-state index >= 15 is 0 Å². The van der Waals surface area contributed by atoms with Crippen LogP contribution in [-0.4, -0.2) is 63.0 Å². The number of pyridine rings is 1. The van der Waals surface area contributed by atoms with Gasteiger partial charge >= 0.3 is 6.03 Å². The lowest BCUT2D eigenvalue weighted by Gasteiger charge is -2.28. The van der Waals surface area contributed by atoms with Crippen molar-refractivity contribution in [3.05, 3.63) is 72.9 Å². The summed E-state index contributed by atoms with van der Waals surface area (Å²) in [7, 11) is 1.86. The van der Waals surface area contributed by atoms with E-state index in [2.05, 4.69) is 25.9 Å². The predicted molar refractivity (Wildman–Crippen MR) is 161 cm³/mol. The van der Waals surface area contributed by atoms with Gasteiger partial charge in [0.2, 0.25) is 5.91 Å². The Morgan fingerprint density at radius 1 is 0.884 bits per heavy atom. The molecule has 0 spiro atoms. The summed E-state index contributed by atoms with van der Waals surface area (Å²) in [5.41, 5.74) is 4.73. The summed E-state index contributed by atoms with van der Waals surface area (Å²) in [6.07, 6.45) is 5.51. The van der Waals surface area contributed by atoms with Gasteiger partial charge in [-0.2, -0.15) is 5.10 Å². The second-order valence-electron chi connectivity index (χ2n) is 10.00. The highest BCUT2D eigenvalue weighted by Gasteiger charge is 2.20. The molecule has 1 saturated heterocycles. The molecule has 218 valence electrons. The van der Waals surface area contributed by atoms with E-state index in [1.165, 1.54) is 19.1 Å². The molecule has 3 aromatic heterocycles. The zero-order chi connectivity index (χ0) is 29.9. The fourth-order valence-corrected chi connectivity index (χ4v) is 4.74. The topological polar surface area (TPSA) is 139 Å². The van der Waals surface area contributed by atoms with E-state index in [0.29, 0.717) is 54.5 Å². The monoisotopic (exact) mass is 581 g/mol. The highest BCUT2D eigenvalue weighted by molar-refractivity contribution is 6.00. The largest absolute Gasteiger partial charge is 0.378 e. The summed E-state index contributed by atoms with van der Waals surface area (Å²) in [6.45, 7) is 3.90. The number of anilines is 4. The fourth-order valence-electron chi connectivity index (χ4n) is 4.74. The normalized spacial score (nSPS) is 13.1. The van der Waals surface area contributed by atoms with Gasteiger partial charge in [0.25, 0.3) is 0 Å². The minimum Gasteiger partial charge on any atom is -0.378 e. The number of aromatic nitrogens is 5. The van der Waals surface area contributed by atoms with Crippen molar-refractivity contribution in [2.75, 3.05) is 47.2 Å². The second kappa shape index (κ2) is 11.8. The Labute approximate surface area is 245 Å². The lowest BCUT2D eigenvalue weighted by molar-refractivity contribution is -0.114. The van der Waals surface area contributed by atoms with Crippen LogP contribution in [0.25, 0.3) is 33.5 Å². The lowest BCUT2D eigenvalue weighted by Crippen LogP contribution is -2.37. The molecule has 0 radical (unpaired) electrons. The maximum absolute atomic E-state index is 14.4. The van der Waals surface area contributed by atoms with Gasteiger partial charge in [0.15, 0.2) is 11.6 Å². The highest BCUT2D eigenvalue weighted by Crippen LogP contribution is 2.30. The van der Waals surface area contributed by atoms with E-state index in [0.717, 1.165) is 28.6 Å². The van der Waals surface area contributed by atoms with Crippen LogP contribution in [0.3, 0.4) is 0 Å². The number of amides is 3. The second-order valence-corrected chi connectivity index (χ2v) is 10.00. The zero-order valence-corrected chi connectivity index (χ0v) is 23.5. The summed E-state index contributed by atoms with van der Waals surface area (Å²) in [6, 6.07) is 12.4. The van der Waals surface area contributed by atoms with E-state index in [9.17, 15) is 14.0 Å². The number of carbonyl (C=O) groups excluding carboxylic acids is 2. The first kappa shape index (κ1) is 27.7. The molecule has 0 saturated carbocycles. The van der Waals surface area contributed by atoms with E-state index < -0.39 is 11.8 Å². The van der Waals surface area contributed by atoms with Crippen molar-refractivity contribution >= 4 is 45.9 Å². The van der Waals surface area contributed by atoms with Crippen LogP contribution >= 0.6 is 0 Å². The van der Waals surface area contributed by atoms with Gasteiger partial charge in [0.1, 0.15) is 11.3 Å². The van der Waals surface area contributed by atoms with E-state index in [1.807, 2.05) is 19.3 Å². The Bertz CT molecular complexity index is 1820. The number of halogens is 1. The first-order chi connectivity index (χ1) is 20.8. The molecule has 12 nitrogen and oxygen atoms in total.